The number of ether oxygens (including phenoxy) is 3. The van der Waals surface area contributed by atoms with Gasteiger partial charge in [0.25, 0.3) is 0 Å². The van der Waals surface area contributed by atoms with Crippen LogP contribution in [0.2, 0.25) is 0 Å². The second-order valence-corrected chi connectivity index (χ2v) is 15.7. The third-order valence-electron chi connectivity index (χ3n) is 9.25. The van der Waals surface area contributed by atoms with Crippen LogP contribution in [-0.4, -0.2) is 80.6 Å². The Morgan fingerprint density at radius 3 is 1.59 bits per heavy atom. The zero-order valence-electron chi connectivity index (χ0n) is 37.7. The molecule has 332 valence electrons. The first-order valence-corrected chi connectivity index (χ1v) is 22.5. The highest BCUT2D eigenvalue weighted by molar-refractivity contribution is 5.72. The number of allylic oxidation sites excluding steroid dienone is 18. The predicted molar refractivity (Wildman–Crippen MR) is 247 cm³/mol. The number of carbonyl (C=O) groups excluding carboxylic acids is 2. The lowest BCUT2D eigenvalue weighted by Gasteiger charge is -2.31. The second kappa shape index (κ2) is 40.8. The van der Waals surface area contributed by atoms with Crippen molar-refractivity contribution >= 4 is 17.9 Å². The van der Waals surface area contributed by atoms with Gasteiger partial charge < -0.3 is 23.8 Å². The minimum Gasteiger partial charge on any atom is -0.477 e. The van der Waals surface area contributed by atoms with Gasteiger partial charge in [-0.15, -0.1) is 0 Å². The highest BCUT2D eigenvalue weighted by Crippen LogP contribution is 2.12. The third kappa shape index (κ3) is 39.2. The summed E-state index contributed by atoms with van der Waals surface area (Å²) in [7, 11) is 5.48. The standard InChI is InChI=1S/C51H81NO7/c1-6-8-10-12-14-16-18-20-22-24-26-27-29-31-33-35-37-39-41-49(53)58-46-47(45-57-44-43-48(51(55)56)52(3,4)5)59-50(54)42-40-38-36-34-32-30-28-25-23-21-19-17-15-13-11-9-7-2/h9,11,14-18,20-24,26-28,30,34,36,47-48H,6-8,10,12-13,19,25,29,31-33,35,37-46H2,1-5H3/p+1/b11-9+,16-14+,17-15+,20-18+,23-21+,24-22+,27-26+,30-28+,36-34+. The maximum atomic E-state index is 12.7. The monoisotopic (exact) mass is 821 g/mol. The lowest BCUT2D eigenvalue weighted by atomic mass is 10.1. The first kappa shape index (κ1) is 55.0. The molecule has 2 unspecified atom stereocenters. The molecule has 0 rings (SSSR count). The Morgan fingerprint density at radius 1 is 0.542 bits per heavy atom. The van der Waals surface area contributed by atoms with Crippen molar-refractivity contribution in [1.82, 2.24) is 0 Å². The fourth-order valence-electron chi connectivity index (χ4n) is 5.78. The van der Waals surface area contributed by atoms with E-state index in [9.17, 15) is 19.5 Å². The number of nitrogens with zero attached hydrogens (tertiary/aromatic N) is 1. The number of quaternary nitrogens is 1. The number of carbonyl (C=O) groups is 3. The summed E-state index contributed by atoms with van der Waals surface area (Å²) in [5.74, 6) is -1.59. The maximum Gasteiger partial charge on any atom is 0.362 e. The van der Waals surface area contributed by atoms with Crippen molar-refractivity contribution in [2.45, 2.75) is 154 Å². The van der Waals surface area contributed by atoms with Crippen molar-refractivity contribution in [3.05, 3.63) is 109 Å². The fraction of sp³-hybridized carbons (Fsp3) is 0.588. The number of hydrogen-bond donors (Lipinski definition) is 1. The Hall–Kier alpha value is -4.01. The summed E-state index contributed by atoms with van der Waals surface area (Å²) in [6, 6.07) is -0.636. The van der Waals surface area contributed by atoms with Gasteiger partial charge in [-0.2, -0.15) is 0 Å². The van der Waals surface area contributed by atoms with E-state index in [1.54, 1.807) is 0 Å². The molecule has 0 heterocycles. The number of rotatable bonds is 38. The number of hydrogen-bond acceptors (Lipinski definition) is 6. The predicted octanol–water partition coefficient (Wildman–Crippen LogP) is 12.5. The average molecular weight is 821 g/mol. The number of carboxylic acids is 1. The summed E-state index contributed by atoms with van der Waals surface area (Å²) in [5.41, 5.74) is 0. The molecule has 8 nitrogen and oxygen atoms in total. The fourth-order valence-corrected chi connectivity index (χ4v) is 5.78. The van der Waals surface area contributed by atoms with Crippen molar-refractivity contribution in [2.75, 3.05) is 41.0 Å². The van der Waals surface area contributed by atoms with Gasteiger partial charge in [0.15, 0.2) is 12.1 Å². The summed E-state index contributed by atoms with van der Waals surface area (Å²) >= 11 is 0. The lowest BCUT2D eigenvalue weighted by Crippen LogP contribution is -2.50. The van der Waals surface area contributed by atoms with Crippen LogP contribution in [-0.2, 0) is 28.6 Å². The van der Waals surface area contributed by atoms with Crippen LogP contribution in [0.3, 0.4) is 0 Å². The Labute approximate surface area is 359 Å². The average Bonchev–Trinajstić information content (AvgIpc) is 3.19. The topological polar surface area (TPSA) is 99.1 Å². The molecule has 0 spiro atoms. The molecule has 1 N–H and O–H groups in total. The smallest absolute Gasteiger partial charge is 0.362 e. The van der Waals surface area contributed by atoms with Crippen molar-refractivity contribution in [3.63, 3.8) is 0 Å². The molecule has 0 aromatic rings. The molecular weight excluding hydrogens is 739 g/mol. The molecular formula is C51H82NO7+. The van der Waals surface area contributed by atoms with Gasteiger partial charge in [-0.05, 0) is 77.0 Å². The molecule has 59 heavy (non-hydrogen) atoms. The van der Waals surface area contributed by atoms with Gasteiger partial charge in [0.1, 0.15) is 6.61 Å². The molecule has 2 atom stereocenters. The van der Waals surface area contributed by atoms with Gasteiger partial charge in [-0.25, -0.2) is 4.79 Å². The van der Waals surface area contributed by atoms with Crippen molar-refractivity contribution in [1.29, 1.82) is 0 Å². The van der Waals surface area contributed by atoms with Crippen molar-refractivity contribution < 1.29 is 38.2 Å². The van der Waals surface area contributed by atoms with E-state index in [0.29, 0.717) is 19.3 Å². The van der Waals surface area contributed by atoms with Gasteiger partial charge in [0.05, 0.1) is 34.4 Å². The number of likely N-dealkylation sites (N-methyl/N-ethyl adjacent to an activating group) is 1. The van der Waals surface area contributed by atoms with Crippen LogP contribution in [0.5, 0.6) is 0 Å². The van der Waals surface area contributed by atoms with Crippen LogP contribution in [0.4, 0.5) is 0 Å². The summed E-state index contributed by atoms with van der Waals surface area (Å²) in [5, 5.41) is 9.62. The molecule has 8 heteroatoms. The van der Waals surface area contributed by atoms with Gasteiger partial charge in [0, 0.05) is 19.3 Å². The van der Waals surface area contributed by atoms with E-state index in [4.69, 9.17) is 14.2 Å². The van der Waals surface area contributed by atoms with Crippen LogP contribution in [0.1, 0.15) is 142 Å². The van der Waals surface area contributed by atoms with Crippen LogP contribution < -0.4 is 0 Å². The summed E-state index contributed by atoms with van der Waals surface area (Å²) < 4.78 is 17.2. The molecule has 0 saturated heterocycles. The van der Waals surface area contributed by atoms with E-state index in [2.05, 4.69) is 117 Å². The molecule has 0 amide bonds. The van der Waals surface area contributed by atoms with E-state index < -0.39 is 18.1 Å². The minimum absolute atomic E-state index is 0.0226. The van der Waals surface area contributed by atoms with Crippen molar-refractivity contribution in [2.24, 2.45) is 0 Å². The van der Waals surface area contributed by atoms with Crippen LogP contribution in [0.25, 0.3) is 0 Å². The van der Waals surface area contributed by atoms with Gasteiger partial charge in [-0.1, -0.05) is 155 Å². The van der Waals surface area contributed by atoms with E-state index in [1.807, 2.05) is 27.2 Å². The molecule has 0 aliphatic carbocycles. The van der Waals surface area contributed by atoms with E-state index in [1.165, 1.54) is 19.3 Å². The number of unbranched alkanes of at least 4 members (excludes halogenated alkanes) is 9. The zero-order chi connectivity index (χ0) is 43.5. The Morgan fingerprint density at radius 2 is 1.03 bits per heavy atom. The zero-order valence-corrected chi connectivity index (χ0v) is 37.7. The Balaban J connectivity index is 4.51. The van der Waals surface area contributed by atoms with E-state index in [-0.39, 0.29) is 42.7 Å². The maximum absolute atomic E-state index is 12.7. The van der Waals surface area contributed by atoms with Gasteiger partial charge in [-0.3, -0.25) is 9.59 Å². The van der Waals surface area contributed by atoms with E-state index >= 15 is 0 Å². The molecule has 0 aliphatic rings. The molecule has 0 bridgehead atoms. The third-order valence-corrected chi connectivity index (χ3v) is 9.25. The SMILES string of the molecule is CC/C=C/C/C=C/C/C=C/C/C=C/C/C=C/CCCC(=O)OC(COCCC(C(=O)O)[N+](C)(C)C)COC(=O)CCCCCCC/C=C/C=C/C=C/C=C/CCCCC. The highest BCUT2D eigenvalue weighted by atomic mass is 16.6. The second-order valence-electron chi connectivity index (χ2n) is 15.7. The number of aliphatic carboxylic acids is 1. The summed E-state index contributed by atoms with van der Waals surface area (Å²) in [4.78, 5) is 37.0. The summed E-state index contributed by atoms with van der Waals surface area (Å²) in [6.07, 6.45) is 55.6. The van der Waals surface area contributed by atoms with Gasteiger partial charge in [0.2, 0.25) is 0 Å². The molecule has 0 radical (unpaired) electrons. The van der Waals surface area contributed by atoms with Crippen molar-refractivity contribution in [3.8, 4) is 0 Å². The number of esters is 2. The largest absolute Gasteiger partial charge is 0.477 e. The summed E-state index contributed by atoms with van der Waals surface area (Å²) in [6.45, 7) is 4.47. The van der Waals surface area contributed by atoms with E-state index in [0.717, 1.165) is 83.5 Å². The molecule has 0 aromatic carbocycles. The minimum atomic E-state index is -0.893. The molecule has 0 aromatic heterocycles. The normalized spacial score (nSPS) is 14.0. The van der Waals surface area contributed by atoms with Crippen LogP contribution in [0, 0.1) is 0 Å². The Bertz CT molecular complexity index is 1330. The highest BCUT2D eigenvalue weighted by Gasteiger charge is 2.31. The molecule has 0 saturated carbocycles. The molecule has 0 fully saturated rings. The van der Waals surface area contributed by atoms with Gasteiger partial charge >= 0.3 is 17.9 Å². The first-order valence-electron chi connectivity index (χ1n) is 22.5. The Kier molecular flexibility index (Phi) is 38.0. The quantitative estimate of drug-likeness (QED) is 0.0218. The molecule has 0 aliphatic heterocycles. The number of carboxylic acid groups (broad SMARTS) is 1. The van der Waals surface area contributed by atoms with Crippen LogP contribution >= 0.6 is 0 Å². The first-order chi connectivity index (χ1) is 28.6. The van der Waals surface area contributed by atoms with Crippen LogP contribution in [0.15, 0.2) is 109 Å². The lowest BCUT2D eigenvalue weighted by molar-refractivity contribution is -0.887.